The van der Waals surface area contributed by atoms with Crippen LogP contribution >= 0.6 is 0 Å². The molecule has 4 heteroatoms. The van der Waals surface area contributed by atoms with Gasteiger partial charge in [0.15, 0.2) is 0 Å². The van der Waals surface area contributed by atoms with E-state index in [9.17, 15) is 4.79 Å². The average Bonchev–Trinajstić information content (AvgIpc) is 3.27. The van der Waals surface area contributed by atoms with Gasteiger partial charge in [-0.05, 0) is 24.3 Å². The summed E-state index contributed by atoms with van der Waals surface area (Å²) < 4.78 is 2.16. The summed E-state index contributed by atoms with van der Waals surface area (Å²) in [5.74, 6) is 1.97. The van der Waals surface area contributed by atoms with E-state index in [-0.39, 0.29) is 5.92 Å². The first-order chi connectivity index (χ1) is 12.1. The monoisotopic (exact) mass is 339 g/mol. The maximum atomic E-state index is 13.0. The van der Waals surface area contributed by atoms with Crippen LogP contribution in [0, 0.1) is 11.8 Å². The molecule has 0 bridgehead atoms. The topological polar surface area (TPSA) is 38.1 Å². The molecule has 0 aliphatic heterocycles. The average molecular weight is 339 g/mol. The summed E-state index contributed by atoms with van der Waals surface area (Å²) in [7, 11) is 0. The van der Waals surface area contributed by atoms with E-state index < -0.39 is 0 Å². The summed E-state index contributed by atoms with van der Waals surface area (Å²) in [6.45, 7) is 6.54. The number of rotatable bonds is 7. The van der Waals surface area contributed by atoms with Crippen LogP contribution in [0.4, 0.5) is 0 Å². The van der Waals surface area contributed by atoms with Gasteiger partial charge in [-0.25, -0.2) is 4.98 Å². The molecule has 3 rings (SSSR count). The van der Waals surface area contributed by atoms with Crippen LogP contribution in [0.15, 0.2) is 42.7 Å². The van der Waals surface area contributed by atoms with Crippen LogP contribution in [-0.2, 0) is 17.9 Å². The molecule has 1 amide bonds. The first-order valence-electron chi connectivity index (χ1n) is 9.46. The molecule has 1 aliphatic carbocycles. The predicted molar refractivity (Wildman–Crippen MR) is 100.0 cm³/mol. The molecule has 0 unspecified atom stereocenters. The Hall–Kier alpha value is -2.10. The number of aromatic nitrogens is 2. The van der Waals surface area contributed by atoms with Gasteiger partial charge in [0.25, 0.3) is 0 Å². The maximum absolute atomic E-state index is 13.0. The zero-order valence-electron chi connectivity index (χ0n) is 15.4. The smallest absolute Gasteiger partial charge is 0.226 e. The quantitative estimate of drug-likeness (QED) is 0.761. The highest BCUT2D eigenvalue weighted by atomic mass is 16.2. The van der Waals surface area contributed by atoms with E-state index in [2.05, 4.69) is 47.7 Å². The standard InChI is InChI=1S/C21H29N3O/c1-17(2)14-24(21(25)19-10-6-7-11-19)16-20-22-12-13-23(20)15-18-8-4-3-5-9-18/h3-5,8-9,12-13,17,19H,6-7,10-11,14-16H2,1-2H3. The molecule has 0 saturated heterocycles. The summed E-state index contributed by atoms with van der Waals surface area (Å²) in [4.78, 5) is 19.5. The highest BCUT2D eigenvalue weighted by Crippen LogP contribution is 2.27. The first kappa shape index (κ1) is 17.7. The molecule has 1 fully saturated rings. The number of hydrogen-bond donors (Lipinski definition) is 0. The van der Waals surface area contributed by atoms with Gasteiger partial charge in [0.05, 0.1) is 6.54 Å². The van der Waals surface area contributed by atoms with Crippen LogP contribution in [0.5, 0.6) is 0 Å². The molecule has 4 nitrogen and oxygen atoms in total. The summed E-state index contributed by atoms with van der Waals surface area (Å²) >= 11 is 0. The molecule has 0 spiro atoms. The fourth-order valence-electron chi connectivity index (χ4n) is 3.69. The highest BCUT2D eigenvalue weighted by molar-refractivity contribution is 5.79. The largest absolute Gasteiger partial charge is 0.335 e. The minimum Gasteiger partial charge on any atom is -0.335 e. The molecule has 1 saturated carbocycles. The second-order valence-corrected chi connectivity index (χ2v) is 7.55. The number of amides is 1. The Balaban J connectivity index is 1.73. The molecule has 1 aromatic carbocycles. The minimum atomic E-state index is 0.219. The molecule has 2 aromatic rings. The van der Waals surface area contributed by atoms with Gasteiger partial charge in [-0.15, -0.1) is 0 Å². The SMILES string of the molecule is CC(C)CN(Cc1nccn1Cc1ccccc1)C(=O)C1CCCC1. The van der Waals surface area contributed by atoms with E-state index in [4.69, 9.17) is 0 Å². The first-order valence-corrected chi connectivity index (χ1v) is 9.46. The van der Waals surface area contributed by atoms with Gasteiger partial charge in [-0.3, -0.25) is 4.79 Å². The van der Waals surface area contributed by atoms with Crippen molar-refractivity contribution >= 4 is 5.91 Å². The van der Waals surface area contributed by atoms with Crippen molar-refractivity contribution in [1.82, 2.24) is 14.5 Å². The van der Waals surface area contributed by atoms with E-state index >= 15 is 0 Å². The molecule has 1 aromatic heterocycles. The Kier molecular flexibility index (Phi) is 5.90. The number of carbonyl (C=O) groups excluding carboxylic acids is 1. The van der Waals surface area contributed by atoms with Gasteiger partial charge < -0.3 is 9.47 Å². The third kappa shape index (κ3) is 4.71. The van der Waals surface area contributed by atoms with Crippen molar-refractivity contribution < 1.29 is 4.79 Å². The van der Waals surface area contributed by atoms with E-state index in [1.54, 1.807) is 0 Å². The van der Waals surface area contributed by atoms with Gasteiger partial charge in [0.2, 0.25) is 5.91 Å². The van der Waals surface area contributed by atoms with Crippen molar-refractivity contribution in [2.24, 2.45) is 11.8 Å². The summed E-state index contributed by atoms with van der Waals surface area (Å²) in [5.41, 5.74) is 1.25. The van der Waals surface area contributed by atoms with Crippen LogP contribution in [0.3, 0.4) is 0 Å². The highest BCUT2D eigenvalue weighted by Gasteiger charge is 2.28. The van der Waals surface area contributed by atoms with E-state index in [1.807, 2.05) is 23.4 Å². The van der Waals surface area contributed by atoms with Crippen LogP contribution in [-0.4, -0.2) is 26.9 Å². The van der Waals surface area contributed by atoms with E-state index in [1.165, 1.54) is 18.4 Å². The number of benzene rings is 1. The van der Waals surface area contributed by atoms with Crippen LogP contribution < -0.4 is 0 Å². The number of hydrogen-bond acceptors (Lipinski definition) is 2. The Bertz CT molecular complexity index is 671. The van der Waals surface area contributed by atoms with Gasteiger partial charge in [0.1, 0.15) is 5.82 Å². The third-order valence-electron chi connectivity index (χ3n) is 4.93. The summed E-state index contributed by atoms with van der Waals surface area (Å²) in [6.07, 6.45) is 8.32. The van der Waals surface area contributed by atoms with Crippen molar-refractivity contribution in [3.8, 4) is 0 Å². The minimum absolute atomic E-state index is 0.219. The lowest BCUT2D eigenvalue weighted by atomic mass is 10.1. The Morgan fingerprint density at radius 3 is 2.64 bits per heavy atom. The molecular weight excluding hydrogens is 310 g/mol. The van der Waals surface area contributed by atoms with E-state index in [0.29, 0.717) is 18.4 Å². The Labute approximate surface area is 150 Å². The molecular formula is C21H29N3O. The molecule has 0 atom stereocenters. The van der Waals surface area contributed by atoms with Gasteiger partial charge in [0, 0.05) is 31.4 Å². The molecule has 25 heavy (non-hydrogen) atoms. The van der Waals surface area contributed by atoms with Crippen LogP contribution in [0.2, 0.25) is 0 Å². The van der Waals surface area contributed by atoms with Crippen molar-refractivity contribution in [2.45, 2.75) is 52.6 Å². The number of nitrogens with zero attached hydrogens (tertiary/aromatic N) is 3. The Morgan fingerprint density at radius 2 is 1.96 bits per heavy atom. The van der Waals surface area contributed by atoms with Crippen LogP contribution in [0.25, 0.3) is 0 Å². The van der Waals surface area contributed by atoms with Gasteiger partial charge in [-0.2, -0.15) is 0 Å². The van der Waals surface area contributed by atoms with Crippen molar-refractivity contribution in [2.75, 3.05) is 6.54 Å². The maximum Gasteiger partial charge on any atom is 0.226 e. The fraction of sp³-hybridized carbons (Fsp3) is 0.524. The zero-order chi connectivity index (χ0) is 17.6. The Morgan fingerprint density at radius 1 is 1.24 bits per heavy atom. The lowest BCUT2D eigenvalue weighted by Gasteiger charge is -2.27. The van der Waals surface area contributed by atoms with E-state index in [0.717, 1.165) is 31.8 Å². The molecule has 0 radical (unpaired) electrons. The summed E-state index contributed by atoms with van der Waals surface area (Å²) in [5, 5.41) is 0. The second kappa shape index (κ2) is 8.32. The molecule has 1 heterocycles. The normalized spacial score (nSPS) is 15.0. The lowest BCUT2D eigenvalue weighted by Crippen LogP contribution is -2.38. The number of imidazole rings is 1. The molecule has 1 aliphatic rings. The predicted octanol–water partition coefficient (Wildman–Crippen LogP) is 4.11. The molecule has 134 valence electrons. The van der Waals surface area contributed by atoms with Gasteiger partial charge >= 0.3 is 0 Å². The zero-order valence-corrected chi connectivity index (χ0v) is 15.4. The number of carbonyl (C=O) groups is 1. The van der Waals surface area contributed by atoms with Crippen molar-refractivity contribution in [3.63, 3.8) is 0 Å². The van der Waals surface area contributed by atoms with Crippen molar-refractivity contribution in [1.29, 1.82) is 0 Å². The summed E-state index contributed by atoms with van der Waals surface area (Å²) in [6, 6.07) is 10.4. The third-order valence-corrected chi connectivity index (χ3v) is 4.93. The van der Waals surface area contributed by atoms with Crippen LogP contribution in [0.1, 0.15) is 50.9 Å². The second-order valence-electron chi connectivity index (χ2n) is 7.55. The molecule has 0 N–H and O–H groups in total. The lowest BCUT2D eigenvalue weighted by molar-refractivity contribution is -0.136. The fourth-order valence-corrected chi connectivity index (χ4v) is 3.69. The van der Waals surface area contributed by atoms with Crippen molar-refractivity contribution in [3.05, 3.63) is 54.1 Å². The van der Waals surface area contributed by atoms with Gasteiger partial charge in [-0.1, -0.05) is 57.0 Å².